The summed E-state index contributed by atoms with van der Waals surface area (Å²) in [5, 5.41) is 0. The summed E-state index contributed by atoms with van der Waals surface area (Å²) in [7, 11) is 0. The second-order valence-corrected chi connectivity index (χ2v) is 17.0. The van der Waals surface area contributed by atoms with Gasteiger partial charge in [0, 0.05) is 57.2 Å². The van der Waals surface area contributed by atoms with Gasteiger partial charge in [-0.1, -0.05) is 170 Å². The van der Waals surface area contributed by atoms with Gasteiger partial charge in [0.05, 0.1) is 5.71 Å². The zero-order valence-corrected chi connectivity index (χ0v) is 35.5. The molecule has 3 aliphatic rings. The van der Waals surface area contributed by atoms with Crippen molar-refractivity contribution in [2.45, 2.75) is 24.8 Å². The molecule has 64 heavy (non-hydrogen) atoms. The zero-order chi connectivity index (χ0) is 42.5. The highest BCUT2D eigenvalue weighted by molar-refractivity contribution is 6.17. The summed E-state index contributed by atoms with van der Waals surface area (Å²) in [6.07, 6.45) is 7.61. The summed E-state index contributed by atoms with van der Waals surface area (Å²) in [4.78, 5) is 10.6. The van der Waals surface area contributed by atoms with Crippen LogP contribution in [0.3, 0.4) is 0 Å². The predicted octanol–water partition coefficient (Wildman–Crippen LogP) is 15.3. The minimum Gasteiger partial charge on any atom is -0.310 e. The Bertz CT molecular complexity index is 3190. The Balaban J connectivity index is 0.993. The van der Waals surface area contributed by atoms with E-state index in [2.05, 4.69) is 246 Å². The van der Waals surface area contributed by atoms with E-state index in [1.54, 1.807) is 0 Å². The number of hydrogen-bond acceptors (Lipinski definition) is 3. The van der Waals surface area contributed by atoms with Crippen molar-refractivity contribution in [1.82, 2.24) is 0 Å². The van der Waals surface area contributed by atoms with Gasteiger partial charge in [0.2, 0.25) is 0 Å². The van der Waals surface area contributed by atoms with Crippen molar-refractivity contribution in [3.63, 3.8) is 0 Å². The number of fused-ring (bicyclic) bond motifs is 4. The first-order chi connectivity index (χ1) is 31.7. The smallest absolute Gasteiger partial charge is 0.137 e. The van der Waals surface area contributed by atoms with Crippen LogP contribution in [0.15, 0.2) is 236 Å². The zero-order valence-electron chi connectivity index (χ0n) is 35.5. The standard InChI is InChI=1S/C61H45N3/c1-5-18-45(19-6-1)60-56-37-36-55(42-57(56)61(62-60,50-22-7-2-8-23-50)51-24-9-3-10-25-51)63(54-35-31-43-17-13-14-20-46(43)41-54)53-33-29-44(30-34-53)47-32-38-59-49(39-47)40-48-21-15-16-28-58(48)64(59)52-26-11-4-12-27-52/h1-12,14-16,18-39,41-42H,13,17,40H2. The number of aryl methyl sites for hydroxylation is 1. The molecule has 2 heterocycles. The van der Waals surface area contributed by atoms with Crippen molar-refractivity contribution in [2.75, 3.05) is 9.80 Å². The molecule has 0 amide bonds. The van der Waals surface area contributed by atoms with Crippen LogP contribution in [0.5, 0.6) is 0 Å². The quantitative estimate of drug-likeness (QED) is 0.152. The molecule has 304 valence electrons. The molecule has 0 atom stereocenters. The van der Waals surface area contributed by atoms with Crippen LogP contribution < -0.4 is 9.80 Å². The van der Waals surface area contributed by atoms with Gasteiger partial charge in [0.25, 0.3) is 0 Å². The molecule has 0 N–H and O–H groups in total. The first kappa shape index (κ1) is 37.7. The highest BCUT2D eigenvalue weighted by Gasteiger charge is 2.44. The van der Waals surface area contributed by atoms with Crippen molar-refractivity contribution >= 4 is 45.9 Å². The Morgan fingerprint density at radius 2 is 1.06 bits per heavy atom. The molecule has 0 fully saturated rings. The summed E-state index contributed by atoms with van der Waals surface area (Å²) in [6.45, 7) is 0. The van der Waals surface area contributed by atoms with E-state index in [0.717, 1.165) is 64.3 Å². The van der Waals surface area contributed by atoms with Gasteiger partial charge in [-0.05, 0) is 124 Å². The molecule has 3 nitrogen and oxygen atoms in total. The Morgan fingerprint density at radius 1 is 0.453 bits per heavy atom. The van der Waals surface area contributed by atoms with Gasteiger partial charge in [-0.25, -0.2) is 0 Å². The van der Waals surface area contributed by atoms with Crippen LogP contribution in [0.1, 0.15) is 56.5 Å². The number of allylic oxidation sites excluding steroid dienone is 1. The van der Waals surface area contributed by atoms with Crippen LogP contribution in [0.25, 0.3) is 17.2 Å². The Hall–Kier alpha value is -8.01. The van der Waals surface area contributed by atoms with Gasteiger partial charge >= 0.3 is 0 Å². The van der Waals surface area contributed by atoms with Crippen LogP contribution in [-0.2, 0) is 18.4 Å². The van der Waals surface area contributed by atoms with Gasteiger partial charge in [-0.2, -0.15) is 0 Å². The summed E-state index contributed by atoms with van der Waals surface area (Å²) < 4.78 is 0. The van der Waals surface area contributed by atoms with E-state index in [4.69, 9.17) is 4.99 Å². The lowest BCUT2D eigenvalue weighted by Gasteiger charge is -2.34. The monoisotopic (exact) mass is 819 g/mol. The third-order valence-corrected chi connectivity index (χ3v) is 13.3. The summed E-state index contributed by atoms with van der Waals surface area (Å²) in [5.74, 6) is 0. The van der Waals surface area contributed by atoms with Gasteiger partial charge in [0.1, 0.15) is 5.54 Å². The molecule has 0 saturated heterocycles. The topological polar surface area (TPSA) is 18.8 Å². The fourth-order valence-corrected chi connectivity index (χ4v) is 10.2. The first-order valence-electron chi connectivity index (χ1n) is 22.4. The van der Waals surface area contributed by atoms with Crippen molar-refractivity contribution in [1.29, 1.82) is 0 Å². The van der Waals surface area contributed by atoms with Gasteiger partial charge in [0.15, 0.2) is 0 Å². The molecule has 1 aliphatic carbocycles. The SMILES string of the molecule is C1=Cc2cc(N(c3ccc(-c4ccc5c(c4)Cc4ccccc4N5c4ccccc4)cc3)c3ccc4c(c3)C(c3ccccc3)(c3ccccc3)N=C4c3ccccc3)ccc2CC1. The maximum Gasteiger partial charge on any atom is 0.137 e. The minimum absolute atomic E-state index is 0.754. The molecular weight excluding hydrogens is 775 g/mol. The second-order valence-electron chi connectivity index (χ2n) is 17.0. The molecule has 0 unspecified atom stereocenters. The van der Waals surface area contributed by atoms with Crippen molar-refractivity contribution < 1.29 is 0 Å². The third-order valence-electron chi connectivity index (χ3n) is 13.3. The maximum atomic E-state index is 5.80. The molecule has 0 spiro atoms. The largest absolute Gasteiger partial charge is 0.310 e. The van der Waals surface area contributed by atoms with Crippen molar-refractivity contribution in [3.8, 4) is 11.1 Å². The summed E-state index contributed by atoms with van der Waals surface area (Å²) >= 11 is 0. The lowest BCUT2D eigenvalue weighted by Crippen LogP contribution is -2.25. The lowest BCUT2D eigenvalue weighted by atomic mass is 9.77. The Kier molecular flexibility index (Phi) is 9.26. The molecule has 0 saturated carbocycles. The molecule has 9 aromatic carbocycles. The molecular formula is C61H45N3. The maximum absolute atomic E-state index is 5.80. The molecule has 9 aromatic rings. The number of para-hydroxylation sites is 2. The lowest BCUT2D eigenvalue weighted by molar-refractivity contribution is 0.672. The fraction of sp³-hybridized carbons (Fsp3) is 0.0656. The number of aliphatic imine (C=N–C) groups is 1. The normalized spacial score (nSPS) is 14.2. The highest BCUT2D eigenvalue weighted by atomic mass is 15.2. The molecule has 0 aromatic heterocycles. The molecule has 0 bridgehead atoms. The Labute approximate surface area is 375 Å². The van der Waals surface area contributed by atoms with E-state index < -0.39 is 5.54 Å². The van der Waals surface area contributed by atoms with E-state index in [1.807, 2.05) is 0 Å². The van der Waals surface area contributed by atoms with Crippen molar-refractivity contribution in [3.05, 3.63) is 281 Å². The van der Waals surface area contributed by atoms with E-state index in [-0.39, 0.29) is 0 Å². The van der Waals surface area contributed by atoms with Crippen LogP contribution in [0.2, 0.25) is 0 Å². The number of benzene rings is 9. The van der Waals surface area contributed by atoms with Crippen LogP contribution in [0.4, 0.5) is 34.1 Å². The van der Waals surface area contributed by atoms with Crippen LogP contribution >= 0.6 is 0 Å². The first-order valence-corrected chi connectivity index (χ1v) is 22.4. The van der Waals surface area contributed by atoms with Gasteiger partial charge < -0.3 is 9.80 Å². The van der Waals surface area contributed by atoms with Crippen LogP contribution in [0, 0.1) is 0 Å². The van der Waals surface area contributed by atoms with E-state index in [9.17, 15) is 0 Å². The van der Waals surface area contributed by atoms with E-state index in [0.29, 0.717) is 0 Å². The average molecular weight is 820 g/mol. The molecule has 12 rings (SSSR count). The highest BCUT2D eigenvalue weighted by Crippen LogP contribution is 2.50. The predicted molar refractivity (Wildman–Crippen MR) is 266 cm³/mol. The van der Waals surface area contributed by atoms with E-state index >= 15 is 0 Å². The fourth-order valence-electron chi connectivity index (χ4n) is 10.2. The number of hydrogen-bond donors (Lipinski definition) is 0. The van der Waals surface area contributed by atoms with Gasteiger partial charge in [-0.15, -0.1) is 0 Å². The summed E-state index contributed by atoms with van der Waals surface area (Å²) in [6, 6.07) is 81.9. The van der Waals surface area contributed by atoms with Gasteiger partial charge in [-0.3, -0.25) is 4.99 Å². The van der Waals surface area contributed by atoms with E-state index in [1.165, 1.54) is 56.0 Å². The second kappa shape index (κ2) is 15.7. The Morgan fingerprint density at radius 3 is 1.81 bits per heavy atom. The molecule has 2 aliphatic heterocycles. The van der Waals surface area contributed by atoms with Crippen LogP contribution in [-0.4, -0.2) is 5.71 Å². The third kappa shape index (κ3) is 6.39. The molecule has 0 radical (unpaired) electrons. The van der Waals surface area contributed by atoms with Crippen molar-refractivity contribution in [2.24, 2.45) is 4.99 Å². The number of rotatable bonds is 8. The summed E-state index contributed by atoms with van der Waals surface area (Å²) in [5.41, 5.74) is 20.6. The minimum atomic E-state index is -0.754. The average Bonchev–Trinajstić information content (AvgIpc) is 3.72. The number of nitrogens with zero attached hydrogens (tertiary/aromatic N) is 3. The number of anilines is 6. The molecule has 3 heteroatoms.